The minimum Gasteiger partial charge on any atom is -0.294 e. The molecule has 0 radical (unpaired) electrons. The molecule has 5 heteroatoms. The molecule has 2 aromatic rings. The molecule has 2 rings (SSSR count). The van der Waals surface area contributed by atoms with E-state index in [2.05, 4.69) is 15.9 Å². The lowest BCUT2D eigenvalue weighted by molar-refractivity contribution is 0.0982. The van der Waals surface area contributed by atoms with Crippen LogP contribution in [0.1, 0.15) is 23.2 Å². The number of Topliss-reactive ketones (excluding diaryl/α,β-unsaturated/α-hetero) is 1. The zero-order chi connectivity index (χ0) is 15.3. The van der Waals surface area contributed by atoms with Crippen molar-refractivity contribution in [1.82, 2.24) is 0 Å². The summed E-state index contributed by atoms with van der Waals surface area (Å²) in [6.45, 7) is 0. The van der Waals surface area contributed by atoms with Gasteiger partial charge in [0.25, 0.3) is 0 Å². The summed E-state index contributed by atoms with van der Waals surface area (Å²) in [6, 6.07) is 15.5. The van der Waals surface area contributed by atoms with E-state index in [1.807, 2.05) is 6.07 Å². The molecular weight excluding hydrogens is 352 g/mol. The number of carbonyl (C=O) groups is 1. The third-order valence-corrected chi connectivity index (χ3v) is 5.36. The summed E-state index contributed by atoms with van der Waals surface area (Å²) in [6.07, 6.45) is 0.555. The van der Waals surface area contributed by atoms with Crippen LogP contribution in [0.3, 0.4) is 0 Å². The van der Waals surface area contributed by atoms with Gasteiger partial charge in [-0.1, -0.05) is 52.3 Å². The standard InChI is InChI=1S/C16H15BrO3S/c17-14-8-4-9-15(12-14)21(19,20)11-5-10-16(18)13-6-2-1-3-7-13/h1-4,6-9,12H,5,10-11H2. The van der Waals surface area contributed by atoms with Crippen molar-refractivity contribution in [2.45, 2.75) is 17.7 Å². The molecule has 0 aliphatic heterocycles. The number of hydrogen-bond donors (Lipinski definition) is 0. The maximum atomic E-state index is 12.2. The van der Waals surface area contributed by atoms with E-state index in [1.54, 1.807) is 48.5 Å². The van der Waals surface area contributed by atoms with Crippen LogP contribution in [0.25, 0.3) is 0 Å². The predicted octanol–water partition coefficient (Wildman–Crippen LogP) is 3.89. The van der Waals surface area contributed by atoms with Crippen molar-refractivity contribution in [2.24, 2.45) is 0 Å². The summed E-state index contributed by atoms with van der Waals surface area (Å²) in [5.74, 6) is -0.0535. The number of carbonyl (C=O) groups excluding carboxylic acids is 1. The molecular formula is C16H15BrO3S. The molecule has 0 saturated carbocycles. The van der Waals surface area contributed by atoms with Gasteiger partial charge in [-0.2, -0.15) is 0 Å². The Morgan fingerprint density at radius 2 is 1.71 bits per heavy atom. The number of ketones is 1. The number of halogens is 1. The van der Waals surface area contributed by atoms with Gasteiger partial charge in [0, 0.05) is 16.5 Å². The van der Waals surface area contributed by atoms with Gasteiger partial charge >= 0.3 is 0 Å². The van der Waals surface area contributed by atoms with Gasteiger partial charge in [0.05, 0.1) is 10.6 Å². The van der Waals surface area contributed by atoms with Crippen molar-refractivity contribution in [2.75, 3.05) is 5.75 Å². The Morgan fingerprint density at radius 3 is 2.38 bits per heavy atom. The Hall–Kier alpha value is -1.46. The summed E-state index contributed by atoms with van der Waals surface area (Å²) in [5.41, 5.74) is 0.623. The number of rotatable bonds is 6. The van der Waals surface area contributed by atoms with Gasteiger partial charge in [-0.25, -0.2) is 8.42 Å². The van der Waals surface area contributed by atoms with Gasteiger partial charge in [-0.3, -0.25) is 4.79 Å². The molecule has 0 saturated heterocycles. The lowest BCUT2D eigenvalue weighted by Gasteiger charge is -2.05. The van der Waals surface area contributed by atoms with Crippen molar-refractivity contribution >= 4 is 31.6 Å². The molecule has 0 N–H and O–H groups in total. The second-order valence-corrected chi connectivity index (χ2v) is 7.69. The third-order valence-electron chi connectivity index (χ3n) is 3.07. The summed E-state index contributed by atoms with van der Waals surface area (Å²) in [5, 5.41) is 0. The van der Waals surface area contributed by atoms with Gasteiger partial charge in [0.2, 0.25) is 0 Å². The topological polar surface area (TPSA) is 51.2 Å². The molecule has 0 fully saturated rings. The molecule has 0 aliphatic carbocycles. The van der Waals surface area contributed by atoms with E-state index < -0.39 is 9.84 Å². The fourth-order valence-corrected chi connectivity index (χ4v) is 3.87. The first kappa shape index (κ1) is 15.9. The molecule has 0 bridgehead atoms. The fraction of sp³-hybridized carbons (Fsp3) is 0.188. The minimum absolute atomic E-state index is 0.0258. The van der Waals surface area contributed by atoms with Crippen LogP contribution in [0.4, 0.5) is 0 Å². The Balaban J connectivity index is 1.95. The lowest BCUT2D eigenvalue weighted by atomic mass is 10.1. The molecule has 0 heterocycles. The lowest BCUT2D eigenvalue weighted by Crippen LogP contribution is -2.09. The summed E-state index contributed by atoms with van der Waals surface area (Å²) >= 11 is 3.26. The summed E-state index contributed by atoms with van der Waals surface area (Å²) in [7, 11) is -3.34. The summed E-state index contributed by atoms with van der Waals surface area (Å²) in [4.78, 5) is 12.2. The monoisotopic (exact) mass is 366 g/mol. The van der Waals surface area contributed by atoms with Gasteiger partial charge < -0.3 is 0 Å². The van der Waals surface area contributed by atoms with E-state index in [4.69, 9.17) is 0 Å². The Labute approximate surface area is 133 Å². The van der Waals surface area contributed by atoms with Crippen LogP contribution < -0.4 is 0 Å². The van der Waals surface area contributed by atoms with Crippen molar-refractivity contribution in [1.29, 1.82) is 0 Å². The number of hydrogen-bond acceptors (Lipinski definition) is 3. The Bertz CT molecular complexity index is 724. The molecule has 0 aromatic heterocycles. The first-order chi connectivity index (χ1) is 9.99. The van der Waals surface area contributed by atoms with E-state index in [-0.39, 0.29) is 22.9 Å². The zero-order valence-electron chi connectivity index (χ0n) is 11.3. The number of sulfone groups is 1. The molecule has 0 atom stereocenters. The van der Waals surface area contributed by atoms with Gasteiger partial charge in [-0.15, -0.1) is 0 Å². The van der Waals surface area contributed by atoms with E-state index in [1.165, 1.54) is 0 Å². The first-order valence-electron chi connectivity index (χ1n) is 6.55. The van der Waals surface area contributed by atoms with E-state index in [0.717, 1.165) is 4.47 Å². The van der Waals surface area contributed by atoms with Crippen LogP contribution in [0.2, 0.25) is 0 Å². The van der Waals surface area contributed by atoms with Crippen LogP contribution in [0, 0.1) is 0 Å². The van der Waals surface area contributed by atoms with Crippen LogP contribution in [-0.4, -0.2) is 20.0 Å². The quantitative estimate of drug-likeness (QED) is 0.728. The van der Waals surface area contributed by atoms with Crippen molar-refractivity contribution in [3.63, 3.8) is 0 Å². The number of benzene rings is 2. The maximum absolute atomic E-state index is 12.2. The van der Waals surface area contributed by atoms with Crippen molar-refractivity contribution in [3.05, 3.63) is 64.6 Å². The summed E-state index contributed by atoms with van der Waals surface area (Å²) < 4.78 is 25.1. The first-order valence-corrected chi connectivity index (χ1v) is 9.00. The molecule has 110 valence electrons. The van der Waals surface area contributed by atoms with E-state index in [9.17, 15) is 13.2 Å². The minimum atomic E-state index is -3.34. The smallest absolute Gasteiger partial charge is 0.178 e. The molecule has 2 aromatic carbocycles. The second-order valence-electron chi connectivity index (χ2n) is 4.67. The van der Waals surface area contributed by atoms with Crippen LogP contribution in [-0.2, 0) is 9.84 Å². The van der Waals surface area contributed by atoms with Crippen LogP contribution >= 0.6 is 15.9 Å². The van der Waals surface area contributed by atoms with Crippen molar-refractivity contribution < 1.29 is 13.2 Å². The van der Waals surface area contributed by atoms with E-state index in [0.29, 0.717) is 12.0 Å². The van der Waals surface area contributed by atoms with Gasteiger partial charge in [0.1, 0.15) is 0 Å². The average molecular weight is 367 g/mol. The Kier molecular flexibility index (Phi) is 5.31. The highest BCUT2D eigenvalue weighted by atomic mass is 79.9. The maximum Gasteiger partial charge on any atom is 0.178 e. The average Bonchev–Trinajstić information content (AvgIpc) is 2.48. The highest BCUT2D eigenvalue weighted by molar-refractivity contribution is 9.10. The SMILES string of the molecule is O=C(CCCS(=O)(=O)c1cccc(Br)c1)c1ccccc1. The highest BCUT2D eigenvalue weighted by Crippen LogP contribution is 2.18. The van der Waals surface area contributed by atoms with Crippen molar-refractivity contribution in [3.8, 4) is 0 Å². The van der Waals surface area contributed by atoms with Gasteiger partial charge in [0.15, 0.2) is 15.6 Å². The molecule has 0 spiro atoms. The Morgan fingerprint density at radius 1 is 1.00 bits per heavy atom. The largest absolute Gasteiger partial charge is 0.294 e. The molecule has 3 nitrogen and oxygen atoms in total. The highest BCUT2D eigenvalue weighted by Gasteiger charge is 2.15. The molecule has 0 aliphatic rings. The molecule has 0 unspecified atom stereocenters. The normalized spacial score (nSPS) is 11.3. The third kappa shape index (κ3) is 4.51. The fourth-order valence-electron chi connectivity index (χ4n) is 1.97. The van der Waals surface area contributed by atoms with Crippen LogP contribution in [0.5, 0.6) is 0 Å². The predicted molar refractivity (Wildman–Crippen MR) is 86.2 cm³/mol. The van der Waals surface area contributed by atoms with E-state index >= 15 is 0 Å². The second kappa shape index (κ2) is 7.00. The zero-order valence-corrected chi connectivity index (χ0v) is 13.7. The van der Waals surface area contributed by atoms with Gasteiger partial charge in [-0.05, 0) is 24.6 Å². The molecule has 0 amide bonds. The van der Waals surface area contributed by atoms with Crippen LogP contribution in [0.15, 0.2) is 64.0 Å². The molecule has 21 heavy (non-hydrogen) atoms.